The molecule has 1 saturated heterocycles. The van der Waals surface area contributed by atoms with Crippen molar-refractivity contribution in [1.82, 2.24) is 5.32 Å². The van der Waals surface area contributed by atoms with Crippen LogP contribution in [-0.4, -0.2) is 37.6 Å². The Hall–Kier alpha value is -2.24. The third kappa shape index (κ3) is 3.80. The summed E-state index contributed by atoms with van der Waals surface area (Å²) in [5.74, 6) is 1.36. The predicted octanol–water partition coefficient (Wildman–Crippen LogP) is 2.12. The van der Waals surface area contributed by atoms with E-state index in [4.69, 9.17) is 9.47 Å². The molecule has 1 atom stereocenters. The minimum Gasteiger partial charge on any atom is -0.486 e. The normalized spacial score (nSPS) is 20.2. The van der Waals surface area contributed by atoms with E-state index < -0.39 is 0 Å². The second-order valence-electron chi connectivity index (χ2n) is 7.54. The minimum absolute atomic E-state index is 0.00716. The summed E-state index contributed by atoms with van der Waals surface area (Å²) >= 11 is 0. The summed E-state index contributed by atoms with van der Waals surface area (Å²) in [5.41, 5.74) is 0.708. The van der Waals surface area contributed by atoms with E-state index in [1.807, 2.05) is 39.0 Å². The van der Waals surface area contributed by atoms with Gasteiger partial charge in [-0.05, 0) is 17.5 Å². The Morgan fingerprint density at radius 3 is 2.67 bits per heavy atom. The number of nitrogens with one attached hydrogen (secondary N) is 1. The van der Waals surface area contributed by atoms with E-state index in [-0.39, 0.29) is 23.3 Å². The van der Waals surface area contributed by atoms with E-state index in [2.05, 4.69) is 5.32 Å². The Labute approximate surface area is 142 Å². The first-order valence-electron chi connectivity index (χ1n) is 8.31. The maximum absolute atomic E-state index is 12.3. The molecule has 1 aromatic carbocycles. The van der Waals surface area contributed by atoms with Crippen molar-refractivity contribution in [2.75, 3.05) is 24.7 Å². The standard InChI is InChI=1S/C18H24N2O4/c1-18(2,3)10-16(21)19-12-8-17(22)20(11-12)13-4-5-14-15(9-13)24-7-6-23-14/h4-5,9,12H,6-8,10-11H2,1-3H3,(H,19,21)/t12-/m1/s1. The van der Waals surface area contributed by atoms with Crippen LogP contribution in [0.2, 0.25) is 0 Å². The van der Waals surface area contributed by atoms with Gasteiger partial charge in [0.2, 0.25) is 11.8 Å². The molecule has 3 rings (SSSR count). The predicted molar refractivity (Wildman–Crippen MR) is 90.4 cm³/mol. The molecule has 2 aliphatic heterocycles. The lowest BCUT2D eigenvalue weighted by molar-refractivity contribution is -0.123. The molecular formula is C18H24N2O4. The zero-order valence-electron chi connectivity index (χ0n) is 14.4. The molecule has 24 heavy (non-hydrogen) atoms. The molecule has 6 heteroatoms. The molecule has 2 aliphatic rings. The van der Waals surface area contributed by atoms with Gasteiger partial charge in [0, 0.05) is 31.1 Å². The fraction of sp³-hybridized carbons (Fsp3) is 0.556. The number of ether oxygens (including phenoxy) is 2. The van der Waals surface area contributed by atoms with E-state index in [0.717, 1.165) is 5.69 Å². The van der Waals surface area contributed by atoms with Gasteiger partial charge in [-0.3, -0.25) is 9.59 Å². The molecule has 0 unspecified atom stereocenters. The van der Waals surface area contributed by atoms with Crippen LogP contribution in [0.4, 0.5) is 5.69 Å². The van der Waals surface area contributed by atoms with Crippen molar-refractivity contribution in [2.45, 2.75) is 39.7 Å². The van der Waals surface area contributed by atoms with Gasteiger partial charge in [-0.15, -0.1) is 0 Å². The van der Waals surface area contributed by atoms with Crippen LogP contribution in [-0.2, 0) is 9.59 Å². The van der Waals surface area contributed by atoms with Gasteiger partial charge in [0.1, 0.15) is 13.2 Å². The van der Waals surface area contributed by atoms with Crippen LogP contribution in [0.5, 0.6) is 11.5 Å². The van der Waals surface area contributed by atoms with Gasteiger partial charge in [-0.1, -0.05) is 20.8 Å². The van der Waals surface area contributed by atoms with E-state index in [0.29, 0.717) is 44.1 Å². The number of anilines is 1. The largest absolute Gasteiger partial charge is 0.486 e. The second kappa shape index (κ2) is 6.34. The molecule has 0 radical (unpaired) electrons. The van der Waals surface area contributed by atoms with Crippen molar-refractivity contribution in [2.24, 2.45) is 5.41 Å². The Morgan fingerprint density at radius 1 is 1.25 bits per heavy atom. The molecule has 0 aliphatic carbocycles. The molecule has 1 N–H and O–H groups in total. The van der Waals surface area contributed by atoms with Crippen LogP contribution in [0.1, 0.15) is 33.6 Å². The average molecular weight is 332 g/mol. The van der Waals surface area contributed by atoms with E-state index in [1.165, 1.54) is 0 Å². The topological polar surface area (TPSA) is 67.9 Å². The minimum atomic E-state index is -0.152. The zero-order chi connectivity index (χ0) is 17.3. The first kappa shape index (κ1) is 16.6. The molecule has 0 bridgehead atoms. The van der Waals surface area contributed by atoms with Crippen molar-refractivity contribution in [1.29, 1.82) is 0 Å². The van der Waals surface area contributed by atoms with Crippen LogP contribution in [0, 0.1) is 5.41 Å². The summed E-state index contributed by atoms with van der Waals surface area (Å²) in [4.78, 5) is 26.1. The van der Waals surface area contributed by atoms with Gasteiger partial charge in [0.05, 0.1) is 6.04 Å². The van der Waals surface area contributed by atoms with E-state index in [9.17, 15) is 9.59 Å². The SMILES string of the molecule is CC(C)(C)CC(=O)N[C@@H]1CC(=O)N(c2ccc3c(c2)OCCO3)C1. The molecule has 0 saturated carbocycles. The lowest BCUT2D eigenvalue weighted by Gasteiger charge is -2.22. The molecule has 0 spiro atoms. The molecular weight excluding hydrogens is 308 g/mol. The van der Waals surface area contributed by atoms with E-state index >= 15 is 0 Å². The summed E-state index contributed by atoms with van der Waals surface area (Å²) in [6.45, 7) is 7.59. The van der Waals surface area contributed by atoms with Crippen molar-refractivity contribution in [3.63, 3.8) is 0 Å². The zero-order valence-corrected chi connectivity index (χ0v) is 14.4. The van der Waals surface area contributed by atoms with Crippen LogP contribution in [0.15, 0.2) is 18.2 Å². The number of fused-ring (bicyclic) bond motifs is 1. The van der Waals surface area contributed by atoms with Gasteiger partial charge < -0.3 is 19.7 Å². The lowest BCUT2D eigenvalue weighted by Crippen LogP contribution is -2.38. The van der Waals surface area contributed by atoms with Crippen LogP contribution >= 0.6 is 0 Å². The van der Waals surface area contributed by atoms with Gasteiger partial charge >= 0.3 is 0 Å². The monoisotopic (exact) mass is 332 g/mol. The van der Waals surface area contributed by atoms with Gasteiger partial charge in [0.15, 0.2) is 11.5 Å². The van der Waals surface area contributed by atoms with Gasteiger partial charge in [-0.25, -0.2) is 0 Å². The molecule has 1 aromatic rings. The lowest BCUT2D eigenvalue weighted by atomic mass is 9.92. The Bertz CT molecular complexity index is 651. The van der Waals surface area contributed by atoms with Crippen molar-refractivity contribution in [3.05, 3.63) is 18.2 Å². The van der Waals surface area contributed by atoms with Crippen LogP contribution < -0.4 is 19.7 Å². The fourth-order valence-corrected chi connectivity index (χ4v) is 3.01. The van der Waals surface area contributed by atoms with Crippen LogP contribution in [0.25, 0.3) is 0 Å². The molecule has 0 aromatic heterocycles. The van der Waals surface area contributed by atoms with Crippen molar-refractivity contribution < 1.29 is 19.1 Å². The first-order chi connectivity index (χ1) is 11.3. The van der Waals surface area contributed by atoms with E-state index in [1.54, 1.807) is 4.90 Å². The second-order valence-corrected chi connectivity index (χ2v) is 7.54. The highest BCUT2D eigenvalue weighted by molar-refractivity contribution is 5.97. The molecule has 6 nitrogen and oxygen atoms in total. The number of nitrogens with zero attached hydrogens (tertiary/aromatic N) is 1. The van der Waals surface area contributed by atoms with Crippen molar-refractivity contribution in [3.8, 4) is 11.5 Å². The fourth-order valence-electron chi connectivity index (χ4n) is 3.01. The van der Waals surface area contributed by atoms with Crippen molar-refractivity contribution >= 4 is 17.5 Å². The highest BCUT2D eigenvalue weighted by Crippen LogP contribution is 2.35. The number of hydrogen-bond donors (Lipinski definition) is 1. The number of carbonyl (C=O) groups is 2. The highest BCUT2D eigenvalue weighted by Gasteiger charge is 2.32. The summed E-state index contributed by atoms with van der Waals surface area (Å²) in [6, 6.07) is 5.35. The number of rotatable bonds is 3. The third-order valence-corrected chi connectivity index (χ3v) is 4.02. The Balaban J connectivity index is 1.66. The molecule has 2 heterocycles. The summed E-state index contributed by atoms with van der Waals surface area (Å²) in [5, 5.41) is 2.97. The maximum Gasteiger partial charge on any atom is 0.229 e. The van der Waals surface area contributed by atoms with Gasteiger partial charge in [0.25, 0.3) is 0 Å². The number of carbonyl (C=O) groups excluding carboxylic acids is 2. The third-order valence-electron chi connectivity index (χ3n) is 4.02. The van der Waals surface area contributed by atoms with Crippen LogP contribution in [0.3, 0.4) is 0 Å². The Kier molecular flexibility index (Phi) is 4.39. The average Bonchev–Trinajstić information content (AvgIpc) is 2.85. The first-order valence-corrected chi connectivity index (χ1v) is 8.31. The summed E-state index contributed by atoms with van der Waals surface area (Å²) in [7, 11) is 0. The molecule has 2 amide bonds. The number of amides is 2. The molecule has 1 fully saturated rings. The smallest absolute Gasteiger partial charge is 0.229 e. The summed E-state index contributed by atoms with van der Waals surface area (Å²) < 4.78 is 11.1. The highest BCUT2D eigenvalue weighted by atomic mass is 16.6. The number of benzene rings is 1. The summed E-state index contributed by atoms with van der Waals surface area (Å²) in [6.07, 6.45) is 0.770. The maximum atomic E-state index is 12.3. The van der Waals surface area contributed by atoms with Gasteiger partial charge in [-0.2, -0.15) is 0 Å². The molecule has 130 valence electrons. The number of hydrogen-bond acceptors (Lipinski definition) is 4. The quantitative estimate of drug-likeness (QED) is 0.920. The Morgan fingerprint density at radius 2 is 1.96 bits per heavy atom.